The zero-order valence-corrected chi connectivity index (χ0v) is 19.7. The van der Waals surface area contributed by atoms with Crippen LogP contribution in [-0.4, -0.2) is 43.1 Å². The summed E-state index contributed by atoms with van der Waals surface area (Å²) in [5.41, 5.74) is 4.12. The maximum absolute atomic E-state index is 5.44. The molecule has 31 heavy (non-hydrogen) atoms. The predicted molar refractivity (Wildman–Crippen MR) is 134 cm³/mol. The molecular formula is C26H32Cl2N2O. The van der Waals surface area contributed by atoms with Crippen LogP contribution in [0.5, 0.6) is 5.75 Å². The SMILES string of the molecule is COc1cccc(CC(c2ccccc2)N2CCN(Cc3ccccc3)CC2)c1.Cl.Cl. The third-order valence-electron chi connectivity index (χ3n) is 5.84. The Morgan fingerprint density at radius 3 is 2.00 bits per heavy atom. The van der Waals surface area contributed by atoms with E-state index in [-0.39, 0.29) is 24.8 Å². The summed E-state index contributed by atoms with van der Waals surface area (Å²) in [7, 11) is 1.74. The van der Waals surface area contributed by atoms with E-state index in [0.29, 0.717) is 6.04 Å². The molecular weight excluding hydrogens is 427 g/mol. The highest BCUT2D eigenvalue weighted by Gasteiger charge is 2.25. The highest BCUT2D eigenvalue weighted by Crippen LogP contribution is 2.28. The number of piperazine rings is 1. The van der Waals surface area contributed by atoms with Crippen LogP contribution in [0.15, 0.2) is 84.9 Å². The number of benzene rings is 3. The highest BCUT2D eigenvalue weighted by atomic mass is 35.5. The fourth-order valence-corrected chi connectivity index (χ4v) is 4.23. The van der Waals surface area contributed by atoms with Crippen LogP contribution in [0.1, 0.15) is 22.7 Å². The van der Waals surface area contributed by atoms with Crippen molar-refractivity contribution in [1.29, 1.82) is 0 Å². The van der Waals surface area contributed by atoms with Gasteiger partial charge in [-0.05, 0) is 35.2 Å². The lowest BCUT2D eigenvalue weighted by Gasteiger charge is -2.39. The van der Waals surface area contributed by atoms with Gasteiger partial charge in [0.05, 0.1) is 7.11 Å². The number of methoxy groups -OCH3 is 1. The van der Waals surface area contributed by atoms with Crippen molar-refractivity contribution >= 4 is 24.8 Å². The first-order valence-electron chi connectivity index (χ1n) is 10.5. The van der Waals surface area contributed by atoms with Crippen LogP contribution in [0.3, 0.4) is 0 Å². The summed E-state index contributed by atoms with van der Waals surface area (Å²) < 4.78 is 5.44. The molecule has 0 spiro atoms. The number of halogens is 2. The van der Waals surface area contributed by atoms with Crippen molar-refractivity contribution < 1.29 is 4.74 Å². The molecule has 1 aliphatic heterocycles. The monoisotopic (exact) mass is 458 g/mol. The molecule has 1 fully saturated rings. The zero-order valence-electron chi connectivity index (χ0n) is 18.0. The second-order valence-electron chi connectivity index (χ2n) is 7.78. The predicted octanol–water partition coefficient (Wildman–Crippen LogP) is 5.64. The fraction of sp³-hybridized carbons (Fsp3) is 0.308. The first kappa shape index (κ1) is 25.2. The first-order chi connectivity index (χ1) is 14.3. The van der Waals surface area contributed by atoms with Crippen LogP contribution >= 0.6 is 24.8 Å². The molecule has 0 N–H and O–H groups in total. The van der Waals surface area contributed by atoms with Crippen molar-refractivity contribution in [2.45, 2.75) is 19.0 Å². The number of ether oxygens (including phenoxy) is 1. The van der Waals surface area contributed by atoms with E-state index in [1.807, 2.05) is 6.07 Å². The van der Waals surface area contributed by atoms with Gasteiger partial charge >= 0.3 is 0 Å². The Kier molecular flexibility index (Phi) is 10.4. The zero-order chi connectivity index (χ0) is 19.9. The van der Waals surface area contributed by atoms with E-state index in [1.54, 1.807) is 7.11 Å². The summed E-state index contributed by atoms with van der Waals surface area (Å²) in [6, 6.07) is 30.6. The molecule has 0 aromatic heterocycles. The number of nitrogens with zero attached hydrogens (tertiary/aromatic N) is 2. The summed E-state index contributed by atoms with van der Waals surface area (Å²) >= 11 is 0. The number of hydrogen-bond donors (Lipinski definition) is 0. The maximum atomic E-state index is 5.44. The molecule has 0 bridgehead atoms. The van der Waals surface area contributed by atoms with Crippen LogP contribution in [0.2, 0.25) is 0 Å². The molecule has 0 aliphatic carbocycles. The van der Waals surface area contributed by atoms with Crippen molar-refractivity contribution in [2.75, 3.05) is 33.3 Å². The average Bonchev–Trinajstić information content (AvgIpc) is 2.79. The van der Waals surface area contributed by atoms with Gasteiger partial charge in [0.15, 0.2) is 0 Å². The van der Waals surface area contributed by atoms with E-state index in [1.165, 1.54) is 16.7 Å². The lowest BCUT2D eigenvalue weighted by molar-refractivity contribution is 0.0911. The van der Waals surface area contributed by atoms with E-state index < -0.39 is 0 Å². The van der Waals surface area contributed by atoms with Gasteiger partial charge in [0, 0.05) is 38.8 Å². The molecule has 1 atom stereocenters. The Hall–Kier alpha value is -2.04. The quantitative estimate of drug-likeness (QED) is 0.455. The molecule has 3 nitrogen and oxygen atoms in total. The molecule has 4 rings (SSSR count). The molecule has 5 heteroatoms. The molecule has 0 saturated carbocycles. The largest absolute Gasteiger partial charge is 0.497 e. The fourth-order valence-electron chi connectivity index (χ4n) is 4.23. The second-order valence-corrected chi connectivity index (χ2v) is 7.78. The van der Waals surface area contributed by atoms with E-state index in [9.17, 15) is 0 Å². The number of hydrogen-bond acceptors (Lipinski definition) is 3. The van der Waals surface area contributed by atoms with Gasteiger partial charge in [-0.25, -0.2) is 0 Å². The van der Waals surface area contributed by atoms with Gasteiger partial charge in [-0.15, -0.1) is 24.8 Å². The van der Waals surface area contributed by atoms with Gasteiger partial charge < -0.3 is 4.74 Å². The van der Waals surface area contributed by atoms with Gasteiger partial charge in [-0.3, -0.25) is 9.80 Å². The first-order valence-corrected chi connectivity index (χ1v) is 10.5. The Morgan fingerprint density at radius 2 is 1.35 bits per heavy atom. The van der Waals surface area contributed by atoms with Crippen LogP contribution in [-0.2, 0) is 13.0 Å². The molecule has 1 heterocycles. The smallest absolute Gasteiger partial charge is 0.119 e. The van der Waals surface area contributed by atoms with Crippen molar-refractivity contribution in [2.24, 2.45) is 0 Å². The van der Waals surface area contributed by atoms with Gasteiger partial charge in [-0.1, -0.05) is 72.8 Å². The van der Waals surface area contributed by atoms with Crippen LogP contribution < -0.4 is 4.74 Å². The molecule has 166 valence electrons. The molecule has 0 amide bonds. The lowest BCUT2D eigenvalue weighted by Crippen LogP contribution is -2.47. The van der Waals surface area contributed by atoms with Crippen LogP contribution in [0.4, 0.5) is 0 Å². The third kappa shape index (κ3) is 6.98. The van der Waals surface area contributed by atoms with Crippen molar-refractivity contribution in [3.63, 3.8) is 0 Å². The highest BCUT2D eigenvalue weighted by molar-refractivity contribution is 5.85. The lowest BCUT2D eigenvalue weighted by atomic mass is 9.96. The minimum Gasteiger partial charge on any atom is -0.497 e. The van der Waals surface area contributed by atoms with Gasteiger partial charge in [0.2, 0.25) is 0 Å². The Labute approximate surface area is 198 Å². The van der Waals surface area contributed by atoms with Crippen LogP contribution in [0, 0.1) is 0 Å². The summed E-state index contributed by atoms with van der Waals surface area (Å²) in [5.74, 6) is 0.932. The molecule has 1 unspecified atom stereocenters. The van der Waals surface area contributed by atoms with Gasteiger partial charge in [0.25, 0.3) is 0 Å². The Balaban J connectivity index is 0.00000171. The van der Waals surface area contributed by atoms with E-state index in [2.05, 4.69) is 88.7 Å². The topological polar surface area (TPSA) is 15.7 Å². The van der Waals surface area contributed by atoms with Crippen LogP contribution in [0.25, 0.3) is 0 Å². The molecule has 3 aromatic rings. The average molecular weight is 459 g/mol. The summed E-state index contributed by atoms with van der Waals surface area (Å²) in [6.07, 6.45) is 1.000. The molecule has 1 aliphatic rings. The minimum atomic E-state index is 0. The molecule has 1 saturated heterocycles. The van der Waals surface area contributed by atoms with E-state index in [0.717, 1.165) is 44.9 Å². The van der Waals surface area contributed by atoms with Gasteiger partial charge in [0.1, 0.15) is 5.75 Å². The number of rotatable bonds is 7. The third-order valence-corrected chi connectivity index (χ3v) is 5.84. The van der Waals surface area contributed by atoms with Crippen molar-refractivity contribution in [1.82, 2.24) is 9.80 Å². The minimum absolute atomic E-state index is 0. The molecule has 3 aromatic carbocycles. The second kappa shape index (κ2) is 12.7. The summed E-state index contributed by atoms with van der Waals surface area (Å²) in [4.78, 5) is 5.22. The van der Waals surface area contributed by atoms with Gasteiger partial charge in [-0.2, -0.15) is 0 Å². The van der Waals surface area contributed by atoms with Crippen molar-refractivity contribution in [3.05, 3.63) is 102 Å². The Morgan fingerprint density at radius 1 is 0.742 bits per heavy atom. The maximum Gasteiger partial charge on any atom is 0.119 e. The van der Waals surface area contributed by atoms with E-state index in [4.69, 9.17) is 4.74 Å². The van der Waals surface area contributed by atoms with E-state index >= 15 is 0 Å². The standard InChI is InChI=1S/C26H30N2O.2ClH/c1-29-25-14-8-11-23(19-25)20-26(24-12-6-3-7-13-24)28-17-15-27(16-18-28)21-22-9-4-2-5-10-22;;/h2-14,19,26H,15-18,20-21H2,1H3;2*1H. The summed E-state index contributed by atoms with van der Waals surface area (Å²) in [5, 5.41) is 0. The van der Waals surface area contributed by atoms with Crippen molar-refractivity contribution in [3.8, 4) is 5.75 Å². The Bertz CT molecular complexity index is 884. The normalized spacial score (nSPS) is 15.4. The summed E-state index contributed by atoms with van der Waals surface area (Å²) in [6.45, 7) is 5.44. The molecule has 0 radical (unpaired) electrons.